The Kier molecular flexibility index (Phi) is 7.04. The van der Waals surface area contributed by atoms with Crippen LogP contribution in [0.25, 0.3) is 6.08 Å². The molecule has 0 fully saturated rings. The first-order chi connectivity index (χ1) is 16.5. The third kappa shape index (κ3) is 5.16. The summed E-state index contributed by atoms with van der Waals surface area (Å²) in [6.45, 7) is 2.38. The zero-order chi connectivity index (χ0) is 24.1. The van der Waals surface area contributed by atoms with Crippen molar-refractivity contribution < 1.29 is 23.7 Å². The topological polar surface area (TPSA) is 89.8 Å². The first-order valence-electron chi connectivity index (χ1n) is 10.4. The standard InChI is InChI=1S/C26H21BrN2O5/c1-16-5-3-4-6-21(16)29-26(30)19(13-28)10-18-11-23(31-2)25(12-20(18)27)32-14-17-7-8-22-24(9-17)34-15-33-22/h3-12H,14-15H2,1-2H3,(H,29,30)/b19-10-. The first-order valence-corrected chi connectivity index (χ1v) is 11.2. The van der Waals surface area contributed by atoms with Crippen LogP contribution in [0.15, 0.2) is 64.6 Å². The first kappa shape index (κ1) is 23.2. The average molecular weight is 521 g/mol. The molecule has 0 aliphatic carbocycles. The fourth-order valence-corrected chi connectivity index (χ4v) is 3.77. The second-order valence-corrected chi connectivity index (χ2v) is 8.29. The second-order valence-electron chi connectivity index (χ2n) is 7.44. The van der Waals surface area contributed by atoms with Crippen LogP contribution in [-0.4, -0.2) is 19.8 Å². The van der Waals surface area contributed by atoms with Crippen LogP contribution in [0.5, 0.6) is 23.0 Å². The van der Waals surface area contributed by atoms with Gasteiger partial charge < -0.3 is 24.3 Å². The number of aryl methyl sites for hydroxylation is 1. The van der Waals surface area contributed by atoms with Crippen molar-refractivity contribution >= 4 is 33.6 Å². The molecule has 1 aliphatic heterocycles. The van der Waals surface area contributed by atoms with Gasteiger partial charge in [-0.2, -0.15) is 5.26 Å². The van der Waals surface area contributed by atoms with Crippen molar-refractivity contribution in [2.75, 3.05) is 19.2 Å². The van der Waals surface area contributed by atoms with E-state index < -0.39 is 5.91 Å². The molecule has 3 aromatic carbocycles. The Morgan fingerprint density at radius 3 is 2.71 bits per heavy atom. The number of carbonyl (C=O) groups is 1. The lowest BCUT2D eigenvalue weighted by Gasteiger charge is -2.13. The summed E-state index contributed by atoms with van der Waals surface area (Å²) < 4.78 is 22.8. The predicted molar refractivity (Wildman–Crippen MR) is 131 cm³/mol. The lowest BCUT2D eigenvalue weighted by molar-refractivity contribution is -0.112. The van der Waals surface area contributed by atoms with Crippen LogP contribution in [0.3, 0.4) is 0 Å². The smallest absolute Gasteiger partial charge is 0.266 e. The maximum atomic E-state index is 12.7. The van der Waals surface area contributed by atoms with Gasteiger partial charge in [-0.3, -0.25) is 4.79 Å². The molecule has 1 N–H and O–H groups in total. The zero-order valence-electron chi connectivity index (χ0n) is 18.6. The number of nitriles is 1. The number of benzene rings is 3. The molecule has 0 saturated carbocycles. The molecule has 34 heavy (non-hydrogen) atoms. The number of hydrogen-bond donors (Lipinski definition) is 1. The van der Waals surface area contributed by atoms with Gasteiger partial charge in [0.15, 0.2) is 23.0 Å². The SMILES string of the molecule is COc1cc(/C=C(/C#N)C(=O)Nc2ccccc2C)c(Br)cc1OCc1ccc2c(c1)OCO2. The Balaban J connectivity index is 1.53. The fourth-order valence-electron chi connectivity index (χ4n) is 3.33. The van der Waals surface area contributed by atoms with Gasteiger partial charge in [-0.15, -0.1) is 0 Å². The van der Waals surface area contributed by atoms with E-state index in [0.717, 1.165) is 11.1 Å². The number of methoxy groups -OCH3 is 1. The van der Waals surface area contributed by atoms with Gasteiger partial charge in [0.2, 0.25) is 6.79 Å². The minimum absolute atomic E-state index is 0.0416. The zero-order valence-corrected chi connectivity index (χ0v) is 20.1. The van der Waals surface area contributed by atoms with E-state index in [0.29, 0.717) is 38.7 Å². The Morgan fingerprint density at radius 1 is 1.15 bits per heavy atom. The van der Waals surface area contributed by atoms with Crippen LogP contribution in [0.1, 0.15) is 16.7 Å². The van der Waals surface area contributed by atoms with Crippen LogP contribution in [0, 0.1) is 18.3 Å². The van der Waals surface area contributed by atoms with Gasteiger partial charge in [-0.1, -0.05) is 40.2 Å². The molecule has 1 aliphatic rings. The van der Waals surface area contributed by atoms with E-state index in [9.17, 15) is 10.1 Å². The molecule has 0 bridgehead atoms. The quantitative estimate of drug-likeness (QED) is 0.321. The summed E-state index contributed by atoms with van der Waals surface area (Å²) in [5, 5.41) is 12.4. The lowest BCUT2D eigenvalue weighted by atomic mass is 10.1. The summed E-state index contributed by atoms with van der Waals surface area (Å²) in [5.41, 5.74) is 3.02. The summed E-state index contributed by atoms with van der Waals surface area (Å²) in [6, 6.07) is 18.4. The van der Waals surface area contributed by atoms with Crippen LogP contribution in [-0.2, 0) is 11.4 Å². The highest BCUT2D eigenvalue weighted by molar-refractivity contribution is 9.10. The summed E-state index contributed by atoms with van der Waals surface area (Å²) in [7, 11) is 1.53. The predicted octanol–water partition coefficient (Wildman–Crippen LogP) is 5.62. The number of fused-ring (bicyclic) bond motifs is 1. The molecular weight excluding hydrogens is 500 g/mol. The largest absolute Gasteiger partial charge is 0.493 e. The summed E-state index contributed by atoms with van der Waals surface area (Å²) in [4.78, 5) is 12.7. The van der Waals surface area contributed by atoms with Gasteiger partial charge in [-0.05, 0) is 60.0 Å². The molecule has 1 heterocycles. The fraction of sp³-hybridized carbons (Fsp3) is 0.154. The van der Waals surface area contributed by atoms with Crippen molar-refractivity contribution in [3.63, 3.8) is 0 Å². The van der Waals surface area contributed by atoms with Crippen LogP contribution >= 0.6 is 15.9 Å². The Labute approximate surface area is 205 Å². The minimum atomic E-state index is -0.495. The Bertz CT molecular complexity index is 1310. The third-order valence-electron chi connectivity index (χ3n) is 5.17. The Hall–Kier alpha value is -3.96. The number of rotatable bonds is 7. The van der Waals surface area contributed by atoms with E-state index in [1.54, 1.807) is 18.2 Å². The van der Waals surface area contributed by atoms with Crippen molar-refractivity contribution in [2.24, 2.45) is 0 Å². The number of amides is 1. The monoisotopic (exact) mass is 520 g/mol. The van der Waals surface area contributed by atoms with E-state index in [1.807, 2.05) is 49.4 Å². The highest BCUT2D eigenvalue weighted by Gasteiger charge is 2.16. The van der Waals surface area contributed by atoms with E-state index in [2.05, 4.69) is 21.2 Å². The van der Waals surface area contributed by atoms with Crippen LogP contribution in [0.4, 0.5) is 5.69 Å². The molecule has 7 nitrogen and oxygen atoms in total. The number of carbonyl (C=O) groups excluding carboxylic acids is 1. The highest BCUT2D eigenvalue weighted by Crippen LogP contribution is 2.36. The van der Waals surface area contributed by atoms with Crippen molar-refractivity contribution in [3.05, 3.63) is 81.3 Å². The van der Waals surface area contributed by atoms with Crippen molar-refractivity contribution in [3.8, 4) is 29.1 Å². The number of nitrogens with zero attached hydrogens (tertiary/aromatic N) is 1. The number of para-hydroxylation sites is 1. The lowest BCUT2D eigenvalue weighted by Crippen LogP contribution is -2.14. The van der Waals surface area contributed by atoms with E-state index >= 15 is 0 Å². The van der Waals surface area contributed by atoms with E-state index in [4.69, 9.17) is 18.9 Å². The summed E-state index contributed by atoms with van der Waals surface area (Å²) in [5.74, 6) is 1.87. The van der Waals surface area contributed by atoms with E-state index in [1.165, 1.54) is 13.2 Å². The molecule has 0 radical (unpaired) electrons. The highest BCUT2D eigenvalue weighted by atomic mass is 79.9. The summed E-state index contributed by atoms with van der Waals surface area (Å²) >= 11 is 3.50. The molecule has 4 rings (SSSR count). The average Bonchev–Trinajstić information content (AvgIpc) is 3.31. The van der Waals surface area contributed by atoms with E-state index in [-0.39, 0.29) is 19.0 Å². The van der Waals surface area contributed by atoms with Crippen LogP contribution in [0.2, 0.25) is 0 Å². The number of halogens is 1. The third-order valence-corrected chi connectivity index (χ3v) is 5.86. The number of hydrogen-bond acceptors (Lipinski definition) is 6. The molecule has 1 amide bonds. The number of nitrogens with one attached hydrogen (secondary N) is 1. The van der Waals surface area contributed by atoms with Gasteiger partial charge in [0, 0.05) is 10.2 Å². The molecule has 8 heteroatoms. The minimum Gasteiger partial charge on any atom is -0.493 e. The summed E-state index contributed by atoms with van der Waals surface area (Å²) in [6.07, 6.45) is 1.50. The molecule has 0 unspecified atom stereocenters. The molecular formula is C26H21BrN2O5. The molecule has 0 saturated heterocycles. The van der Waals surface area contributed by atoms with Gasteiger partial charge in [0.05, 0.1) is 7.11 Å². The number of anilines is 1. The maximum Gasteiger partial charge on any atom is 0.266 e. The number of ether oxygens (including phenoxy) is 4. The van der Waals surface area contributed by atoms with Crippen molar-refractivity contribution in [1.29, 1.82) is 5.26 Å². The molecule has 0 atom stereocenters. The Morgan fingerprint density at radius 2 is 1.94 bits per heavy atom. The van der Waals surface area contributed by atoms with Gasteiger partial charge >= 0.3 is 0 Å². The van der Waals surface area contributed by atoms with Gasteiger partial charge in [0.25, 0.3) is 5.91 Å². The normalized spacial score (nSPS) is 12.1. The van der Waals surface area contributed by atoms with Gasteiger partial charge in [-0.25, -0.2) is 0 Å². The van der Waals surface area contributed by atoms with Crippen molar-refractivity contribution in [1.82, 2.24) is 0 Å². The molecule has 0 aromatic heterocycles. The maximum absolute atomic E-state index is 12.7. The second kappa shape index (κ2) is 10.3. The molecule has 172 valence electrons. The van der Waals surface area contributed by atoms with Crippen LogP contribution < -0.4 is 24.3 Å². The van der Waals surface area contributed by atoms with Crippen molar-refractivity contribution in [2.45, 2.75) is 13.5 Å². The van der Waals surface area contributed by atoms with Gasteiger partial charge in [0.1, 0.15) is 18.2 Å². The molecule has 3 aromatic rings. The molecule has 0 spiro atoms.